The van der Waals surface area contributed by atoms with Gasteiger partial charge in [-0.05, 0) is 51.8 Å². The molecule has 9 heteroatoms. The molecule has 0 saturated carbocycles. The van der Waals surface area contributed by atoms with Crippen LogP contribution < -0.4 is 15.0 Å². The number of nitrogens with one attached hydrogen (secondary N) is 1. The SMILES string of the molecule is COc1cc(C=C2C(=O)NC(=O)N(c3ccccc3Cl)C2=O)cc(Br)c1O. The van der Waals surface area contributed by atoms with Gasteiger partial charge in [-0.15, -0.1) is 0 Å². The number of phenols is 1. The zero-order valence-corrected chi connectivity index (χ0v) is 16.2. The second-order valence-corrected chi connectivity index (χ2v) is 6.72. The van der Waals surface area contributed by atoms with Gasteiger partial charge >= 0.3 is 6.03 Å². The number of phenolic OH excluding ortho intramolecular Hbond substituents is 1. The van der Waals surface area contributed by atoms with Crippen molar-refractivity contribution in [2.45, 2.75) is 0 Å². The average Bonchev–Trinajstić information content (AvgIpc) is 2.62. The number of ether oxygens (including phenoxy) is 1. The standard InChI is InChI=1S/C18H12BrClN2O5/c1-27-14-8-9(7-11(19)15(14)23)6-10-16(24)21-18(26)22(17(10)25)13-5-3-2-4-12(13)20/h2-8,23H,1H3,(H,21,24,26). The van der Waals surface area contributed by atoms with Crippen molar-refractivity contribution < 1.29 is 24.2 Å². The van der Waals surface area contributed by atoms with Crippen LogP contribution in [0.25, 0.3) is 6.08 Å². The first-order valence-corrected chi connectivity index (χ1v) is 8.73. The lowest BCUT2D eigenvalue weighted by molar-refractivity contribution is -0.122. The van der Waals surface area contributed by atoms with E-state index in [-0.39, 0.29) is 27.8 Å². The maximum Gasteiger partial charge on any atom is 0.335 e. The molecule has 0 radical (unpaired) electrons. The fraction of sp³-hybridized carbons (Fsp3) is 0.0556. The monoisotopic (exact) mass is 450 g/mol. The molecule has 0 bridgehead atoms. The quantitative estimate of drug-likeness (QED) is 0.550. The second kappa shape index (κ2) is 7.42. The molecule has 3 rings (SSSR count). The Hall–Kier alpha value is -2.84. The van der Waals surface area contributed by atoms with Crippen molar-refractivity contribution >= 4 is 57.1 Å². The zero-order valence-electron chi connectivity index (χ0n) is 13.8. The zero-order chi connectivity index (χ0) is 19.7. The van der Waals surface area contributed by atoms with E-state index in [1.807, 2.05) is 0 Å². The van der Waals surface area contributed by atoms with Crippen LogP contribution in [0.2, 0.25) is 5.02 Å². The molecule has 1 heterocycles. The highest BCUT2D eigenvalue weighted by Crippen LogP contribution is 2.36. The molecule has 0 spiro atoms. The summed E-state index contributed by atoms with van der Waals surface area (Å²) in [6.45, 7) is 0. The third kappa shape index (κ3) is 3.54. The average molecular weight is 452 g/mol. The number of carbonyl (C=O) groups excluding carboxylic acids is 3. The molecule has 2 aromatic carbocycles. The number of urea groups is 1. The first-order chi connectivity index (χ1) is 12.8. The van der Waals surface area contributed by atoms with Crippen LogP contribution >= 0.6 is 27.5 Å². The molecule has 4 amide bonds. The summed E-state index contributed by atoms with van der Waals surface area (Å²) in [4.78, 5) is 38.0. The third-order valence-electron chi connectivity index (χ3n) is 3.78. The second-order valence-electron chi connectivity index (χ2n) is 5.46. The number of imide groups is 2. The summed E-state index contributed by atoms with van der Waals surface area (Å²) < 4.78 is 5.37. The largest absolute Gasteiger partial charge is 0.503 e. The third-order valence-corrected chi connectivity index (χ3v) is 4.70. The summed E-state index contributed by atoms with van der Waals surface area (Å²) in [5.41, 5.74) is 0.294. The van der Waals surface area contributed by atoms with Crippen molar-refractivity contribution in [3.8, 4) is 11.5 Å². The van der Waals surface area contributed by atoms with Gasteiger partial charge in [-0.3, -0.25) is 14.9 Å². The van der Waals surface area contributed by atoms with Crippen LogP contribution in [0.15, 0.2) is 46.4 Å². The number of rotatable bonds is 3. The van der Waals surface area contributed by atoms with Crippen LogP contribution in [0.4, 0.5) is 10.5 Å². The Morgan fingerprint density at radius 1 is 1.22 bits per heavy atom. The van der Waals surface area contributed by atoms with E-state index in [0.717, 1.165) is 4.90 Å². The van der Waals surface area contributed by atoms with E-state index in [0.29, 0.717) is 10.0 Å². The molecule has 0 aromatic heterocycles. The van der Waals surface area contributed by atoms with Gasteiger partial charge in [-0.25, -0.2) is 9.69 Å². The number of nitrogens with zero attached hydrogens (tertiary/aromatic N) is 1. The molecule has 0 atom stereocenters. The molecule has 138 valence electrons. The van der Waals surface area contributed by atoms with Crippen LogP contribution in [0.1, 0.15) is 5.56 Å². The fourth-order valence-electron chi connectivity index (χ4n) is 2.51. The number of hydrogen-bond donors (Lipinski definition) is 2. The Balaban J connectivity index is 2.08. The number of carbonyl (C=O) groups is 3. The van der Waals surface area contributed by atoms with Crippen molar-refractivity contribution in [2.24, 2.45) is 0 Å². The van der Waals surface area contributed by atoms with Crippen LogP contribution in [-0.4, -0.2) is 30.1 Å². The summed E-state index contributed by atoms with van der Waals surface area (Å²) in [7, 11) is 1.37. The topological polar surface area (TPSA) is 95.9 Å². The molecule has 1 saturated heterocycles. The van der Waals surface area contributed by atoms with E-state index in [9.17, 15) is 19.5 Å². The van der Waals surface area contributed by atoms with Gasteiger partial charge in [0, 0.05) is 0 Å². The first kappa shape index (κ1) is 18.9. The smallest absolute Gasteiger partial charge is 0.335 e. The minimum absolute atomic E-state index is 0.119. The molecule has 1 aliphatic heterocycles. The summed E-state index contributed by atoms with van der Waals surface area (Å²) in [6.07, 6.45) is 1.29. The summed E-state index contributed by atoms with van der Waals surface area (Å²) in [6, 6.07) is 8.35. The van der Waals surface area contributed by atoms with Gasteiger partial charge in [-0.1, -0.05) is 23.7 Å². The molecule has 0 unspecified atom stereocenters. The van der Waals surface area contributed by atoms with E-state index in [1.54, 1.807) is 12.1 Å². The van der Waals surface area contributed by atoms with Crippen molar-refractivity contribution in [1.82, 2.24) is 5.32 Å². The van der Waals surface area contributed by atoms with E-state index >= 15 is 0 Å². The van der Waals surface area contributed by atoms with Gasteiger partial charge in [0.1, 0.15) is 5.57 Å². The molecular weight excluding hydrogens is 440 g/mol. The molecule has 1 aliphatic rings. The number of aromatic hydroxyl groups is 1. The van der Waals surface area contributed by atoms with Crippen LogP contribution in [-0.2, 0) is 9.59 Å². The lowest BCUT2D eigenvalue weighted by atomic mass is 10.1. The maximum atomic E-state index is 12.8. The van der Waals surface area contributed by atoms with Gasteiger partial charge in [-0.2, -0.15) is 0 Å². The van der Waals surface area contributed by atoms with Crippen LogP contribution in [0, 0.1) is 0 Å². The highest BCUT2D eigenvalue weighted by molar-refractivity contribution is 9.10. The molecule has 27 heavy (non-hydrogen) atoms. The number of benzene rings is 2. The number of methoxy groups -OCH3 is 1. The normalized spacial score (nSPS) is 15.9. The van der Waals surface area contributed by atoms with Gasteiger partial charge < -0.3 is 9.84 Å². The van der Waals surface area contributed by atoms with Crippen molar-refractivity contribution in [3.05, 3.63) is 57.0 Å². The molecule has 0 aliphatic carbocycles. The summed E-state index contributed by atoms with van der Waals surface area (Å²) in [5.74, 6) is -1.62. The van der Waals surface area contributed by atoms with Gasteiger partial charge in [0.2, 0.25) is 0 Å². The van der Waals surface area contributed by atoms with Crippen LogP contribution in [0.3, 0.4) is 0 Å². The van der Waals surface area contributed by atoms with E-state index in [1.165, 1.54) is 37.5 Å². The summed E-state index contributed by atoms with van der Waals surface area (Å²) >= 11 is 9.26. The number of para-hydroxylation sites is 1. The molecule has 2 N–H and O–H groups in total. The minimum atomic E-state index is -0.889. The van der Waals surface area contributed by atoms with E-state index in [4.69, 9.17) is 16.3 Å². The molecule has 7 nitrogen and oxygen atoms in total. The van der Waals surface area contributed by atoms with Crippen LogP contribution in [0.5, 0.6) is 11.5 Å². The lowest BCUT2D eigenvalue weighted by Crippen LogP contribution is -2.54. The predicted molar refractivity (Wildman–Crippen MR) is 103 cm³/mol. The van der Waals surface area contributed by atoms with Crippen molar-refractivity contribution in [1.29, 1.82) is 0 Å². The Morgan fingerprint density at radius 2 is 1.93 bits per heavy atom. The molecule has 2 aromatic rings. The van der Waals surface area contributed by atoms with Crippen molar-refractivity contribution in [3.63, 3.8) is 0 Å². The van der Waals surface area contributed by atoms with E-state index in [2.05, 4.69) is 21.2 Å². The number of hydrogen-bond acceptors (Lipinski definition) is 5. The highest BCUT2D eigenvalue weighted by atomic mass is 79.9. The van der Waals surface area contributed by atoms with Gasteiger partial charge in [0.15, 0.2) is 11.5 Å². The Morgan fingerprint density at radius 3 is 2.59 bits per heavy atom. The fourth-order valence-corrected chi connectivity index (χ4v) is 3.19. The predicted octanol–water partition coefficient (Wildman–Crippen LogP) is 3.48. The lowest BCUT2D eigenvalue weighted by Gasteiger charge is -2.27. The summed E-state index contributed by atoms with van der Waals surface area (Å²) in [5, 5.41) is 12.2. The number of halogens is 2. The van der Waals surface area contributed by atoms with E-state index < -0.39 is 17.8 Å². The highest BCUT2D eigenvalue weighted by Gasteiger charge is 2.37. The van der Waals surface area contributed by atoms with Crippen molar-refractivity contribution in [2.75, 3.05) is 12.0 Å². The molecule has 1 fully saturated rings. The Bertz CT molecular complexity index is 1010. The van der Waals surface area contributed by atoms with Gasteiger partial charge in [0.05, 0.1) is 22.3 Å². The maximum absolute atomic E-state index is 12.8. The minimum Gasteiger partial charge on any atom is -0.503 e. The number of barbiturate groups is 1. The first-order valence-electron chi connectivity index (χ1n) is 7.56. The number of anilines is 1. The number of amides is 4. The Kier molecular flexibility index (Phi) is 5.20. The Labute approximate surface area is 167 Å². The van der Waals surface area contributed by atoms with Gasteiger partial charge in [0.25, 0.3) is 11.8 Å². The molecular formula is C18H12BrClN2O5.